The topological polar surface area (TPSA) is 85.7 Å². The fourth-order valence-corrected chi connectivity index (χ4v) is 5.76. The van der Waals surface area contributed by atoms with Crippen LogP contribution in [-0.2, 0) is 41.4 Å². The third-order valence-electron chi connectivity index (χ3n) is 7.89. The number of benzene rings is 2. The van der Waals surface area contributed by atoms with Gasteiger partial charge in [-0.05, 0) is 67.6 Å². The van der Waals surface area contributed by atoms with Crippen molar-refractivity contribution < 1.29 is 22.8 Å². The molecule has 1 aliphatic rings. The Labute approximate surface area is 248 Å². The molecule has 43 heavy (non-hydrogen) atoms. The van der Waals surface area contributed by atoms with Crippen molar-refractivity contribution in [3.63, 3.8) is 0 Å². The van der Waals surface area contributed by atoms with E-state index >= 15 is 0 Å². The van der Waals surface area contributed by atoms with E-state index in [1.54, 1.807) is 6.07 Å². The second kappa shape index (κ2) is 13.4. The molecule has 2 atom stereocenters. The fourth-order valence-electron chi connectivity index (χ4n) is 5.76. The summed E-state index contributed by atoms with van der Waals surface area (Å²) in [5, 5.41) is 17.5. The highest BCUT2D eigenvalue weighted by Crippen LogP contribution is 2.40. The summed E-state index contributed by atoms with van der Waals surface area (Å²) in [6, 6.07) is 20.3. The first-order valence-corrected chi connectivity index (χ1v) is 14.5. The van der Waals surface area contributed by atoms with Crippen LogP contribution in [0, 0.1) is 6.92 Å². The van der Waals surface area contributed by atoms with Gasteiger partial charge >= 0.3 is 6.18 Å². The van der Waals surface area contributed by atoms with E-state index in [4.69, 9.17) is 0 Å². The minimum atomic E-state index is -4.45. The lowest BCUT2D eigenvalue weighted by atomic mass is 9.78. The summed E-state index contributed by atoms with van der Waals surface area (Å²) in [5.41, 5.74) is 4.60. The van der Waals surface area contributed by atoms with E-state index in [0.717, 1.165) is 60.3 Å². The molecule has 2 aromatic heterocycles. The van der Waals surface area contributed by atoms with Crippen LogP contribution in [0.5, 0.6) is 0 Å². The molecule has 0 radical (unpaired) electrons. The van der Waals surface area contributed by atoms with Crippen LogP contribution in [0.25, 0.3) is 0 Å². The van der Waals surface area contributed by atoms with Crippen molar-refractivity contribution >= 4 is 11.6 Å². The Hall–Kier alpha value is -4.27. The third-order valence-corrected chi connectivity index (χ3v) is 7.89. The molecule has 0 spiro atoms. The van der Waals surface area contributed by atoms with Crippen molar-refractivity contribution in [1.29, 1.82) is 0 Å². The molecular weight excluding hydrogens is 553 g/mol. The average Bonchev–Trinajstić information content (AvgIpc) is 2.98. The lowest BCUT2D eigenvalue weighted by Gasteiger charge is -2.28. The predicted molar refractivity (Wildman–Crippen MR) is 155 cm³/mol. The molecule has 9 heteroatoms. The van der Waals surface area contributed by atoms with Gasteiger partial charge < -0.3 is 0 Å². The van der Waals surface area contributed by atoms with Gasteiger partial charge in [0.05, 0.1) is 41.2 Å². The summed E-state index contributed by atoms with van der Waals surface area (Å²) in [6.07, 6.45) is -0.0977. The van der Waals surface area contributed by atoms with E-state index < -0.39 is 11.7 Å². The smallest absolute Gasteiger partial charge is 0.299 e. The minimum Gasteiger partial charge on any atom is -0.299 e. The SMILES string of the molecule is Cc1cccc(CC(=O)Cc2ccc([C@H]3CCC[C@H](c4ccc(CC(=O)Cc5cccc(C(F)(F)F)c5)nn4)C3)nn2)c1. The first-order valence-electron chi connectivity index (χ1n) is 14.5. The van der Waals surface area contributed by atoms with Gasteiger partial charge in [0, 0.05) is 24.7 Å². The van der Waals surface area contributed by atoms with Crippen LogP contribution in [0.1, 0.15) is 82.5 Å². The van der Waals surface area contributed by atoms with Gasteiger partial charge in [-0.15, -0.1) is 0 Å². The molecule has 0 saturated heterocycles. The lowest BCUT2D eigenvalue weighted by molar-refractivity contribution is -0.137. The highest BCUT2D eigenvalue weighted by Gasteiger charge is 2.30. The number of carbonyl (C=O) groups excluding carboxylic acids is 2. The standard InChI is InChI=1S/C34H33F3N4O2/c1-22-5-2-6-23(15-22)17-30(42)20-28-11-13-32(40-38-28)25-8-4-9-26(19-25)33-14-12-29(39-41-33)21-31(43)18-24-7-3-10-27(16-24)34(35,36)37/h2-3,5-7,10-16,25-26H,4,8-9,17-21H2,1H3/t25-,26-/m0/s1. The fraction of sp³-hybridized carbons (Fsp3) is 0.353. The van der Waals surface area contributed by atoms with Crippen molar-refractivity contribution in [1.82, 2.24) is 20.4 Å². The first kappa shape index (κ1) is 30.2. The molecule has 6 nitrogen and oxygen atoms in total. The largest absolute Gasteiger partial charge is 0.416 e. The van der Waals surface area contributed by atoms with Crippen molar-refractivity contribution in [2.75, 3.05) is 0 Å². The van der Waals surface area contributed by atoms with Crippen LogP contribution in [0.3, 0.4) is 0 Å². The molecule has 0 bridgehead atoms. The molecule has 0 N–H and O–H groups in total. The molecule has 2 heterocycles. The normalized spacial score (nSPS) is 17.0. The van der Waals surface area contributed by atoms with E-state index in [0.29, 0.717) is 23.4 Å². The van der Waals surface area contributed by atoms with Crippen molar-refractivity contribution in [2.45, 2.75) is 76.3 Å². The van der Waals surface area contributed by atoms with Crippen LogP contribution >= 0.6 is 0 Å². The van der Waals surface area contributed by atoms with Gasteiger partial charge in [-0.25, -0.2) is 0 Å². The van der Waals surface area contributed by atoms with Gasteiger partial charge in [0.15, 0.2) is 0 Å². The zero-order valence-electron chi connectivity index (χ0n) is 24.0. The maximum atomic E-state index is 13.0. The monoisotopic (exact) mass is 586 g/mol. The van der Waals surface area contributed by atoms with E-state index in [1.165, 1.54) is 12.1 Å². The number of aromatic nitrogens is 4. The predicted octanol–water partition coefficient (Wildman–Crippen LogP) is 6.74. The summed E-state index contributed by atoms with van der Waals surface area (Å²) in [7, 11) is 0. The Bertz CT molecular complexity index is 1570. The number of ketones is 2. The Morgan fingerprint density at radius 1 is 0.698 bits per heavy atom. The van der Waals surface area contributed by atoms with Crippen LogP contribution in [0.4, 0.5) is 13.2 Å². The second-order valence-electron chi connectivity index (χ2n) is 11.4. The second-order valence-corrected chi connectivity index (χ2v) is 11.4. The van der Waals surface area contributed by atoms with Crippen LogP contribution in [-0.4, -0.2) is 32.0 Å². The molecule has 1 fully saturated rings. The quantitative estimate of drug-likeness (QED) is 0.205. The molecule has 5 rings (SSSR count). The Balaban J connectivity index is 1.14. The summed E-state index contributed by atoms with van der Waals surface area (Å²) < 4.78 is 38.9. The van der Waals surface area contributed by atoms with Gasteiger partial charge in [-0.3, -0.25) is 9.59 Å². The number of hydrogen-bond acceptors (Lipinski definition) is 6. The maximum absolute atomic E-state index is 13.0. The summed E-state index contributed by atoms with van der Waals surface area (Å²) >= 11 is 0. The van der Waals surface area contributed by atoms with Gasteiger partial charge in [0.2, 0.25) is 0 Å². The number of carbonyl (C=O) groups is 2. The molecule has 4 aromatic rings. The van der Waals surface area contributed by atoms with Gasteiger partial charge in [-0.2, -0.15) is 33.6 Å². The highest BCUT2D eigenvalue weighted by atomic mass is 19.4. The average molecular weight is 587 g/mol. The van der Waals surface area contributed by atoms with Crippen LogP contribution in [0.2, 0.25) is 0 Å². The molecule has 222 valence electrons. The van der Waals surface area contributed by atoms with Crippen molar-refractivity contribution in [3.8, 4) is 0 Å². The Morgan fingerprint density at radius 3 is 1.72 bits per heavy atom. The number of rotatable bonds is 10. The van der Waals surface area contributed by atoms with Crippen LogP contribution < -0.4 is 0 Å². The summed E-state index contributed by atoms with van der Waals surface area (Å²) in [5.74, 6) is 0.292. The number of hydrogen-bond donors (Lipinski definition) is 0. The maximum Gasteiger partial charge on any atom is 0.416 e. The number of halogens is 3. The molecule has 0 amide bonds. The zero-order chi connectivity index (χ0) is 30.4. The Kier molecular flexibility index (Phi) is 9.38. The molecular formula is C34H33F3N4O2. The Morgan fingerprint density at radius 2 is 1.23 bits per heavy atom. The van der Waals surface area contributed by atoms with Gasteiger partial charge in [0.1, 0.15) is 11.6 Å². The van der Waals surface area contributed by atoms with Crippen molar-refractivity contribution in [3.05, 3.63) is 118 Å². The lowest BCUT2D eigenvalue weighted by Crippen LogP contribution is -2.17. The van der Waals surface area contributed by atoms with Gasteiger partial charge in [0.25, 0.3) is 0 Å². The molecule has 2 aromatic carbocycles. The molecule has 0 aliphatic heterocycles. The van der Waals surface area contributed by atoms with Crippen LogP contribution in [0.15, 0.2) is 72.8 Å². The molecule has 1 saturated carbocycles. The van der Waals surface area contributed by atoms with Crippen molar-refractivity contribution in [2.24, 2.45) is 0 Å². The number of Topliss-reactive ketones (excluding diaryl/α,β-unsaturated/α-hetero) is 2. The van der Waals surface area contributed by atoms with E-state index in [1.807, 2.05) is 49.4 Å². The number of nitrogens with zero attached hydrogens (tertiary/aromatic N) is 4. The highest BCUT2D eigenvalue weighted by molar-refractivity contribution is 5.83. The number of aryl methyl sites for hydroxylation is 1. The number of alkyl halides is 3. The summed E-state index contributed by atoms with van der Waals surface area (Å²) in [4.78, 5) is 25.1. The minimum absolute atomic E-state index is 0.00620. The molecule has 0 unspecified atom stereocenters. The zero-order valence-corrected chi connectivity index (χ0v) is 24.0. The van der Waals surface area contributed by atoms with E-state index in [2.05, 4.69) is 20.4 Å². The van der Waals surface area contributed by atoms with Gasteiger partial charge in [-0.1, -0.05) is 54.4 Å². The third kappa shape index (κ3) is 8.40. The summed E-state index contributed by atoms with van der Waals surface area (Å²) in [6.45, 7) is 2.01. The van der Waals surface area contributed by atoms with E-state index in [-0.39, 0.29) is 42.7 Å². The molecule has 1 aliphatic carbocycles. The first-order chi connectivity index (χ1) is 20.6. The van der Waals surface area contributed by atoms with E-state index in [9.17, 15) is 22.8 Å².